The Morgan fingerprint density at radius 1 is 1.30 bits per heavy atom. The normalized spacial score (nSPS) is 18.4. The molecule has 5 nitrogen and oxygen atoms in total. The third kappa shape index (κ3) is 3.81. The Morgan fingerprint density at radius 3 is 2.75 bits per heavy atom. The molecule has 1 heterocycles. The number of benzene rings is 1. The van der Waals surface area contributed by atoms with Gasteiger partial charge in [0.2, 0.25) is 11.8 Å². The Balaban J connectivity index is 2.07. The van der Waals surface area contributed by atoms with Crippen LogP contribution in [0.4, 0.5) is 11.4 Å². The standard InChI is InChI=1S/C15H21N3O2/c1-10-5-6-13(17-11(2)19)8-14(10)18-15(20)12-4-3-7-16-9-12/h5-6,8,12,16H,3-4,7,9H2,1-2H3,(H,17,19)(H,18,20)/t12-/m0/s1. The number of amides is 2. The lowest BCUT2D eigenvalue weighted by Gasteiger charge is -2.22. The van der Waals surface area contributed by atoms with Crippen LogP contribution < -0.4 is 16.0 Å². The van der Waals surface area contributed by atoms with E-state index in [1.807, 2.05) is 19.1 Å². The molecule has 1 fully saturated rings. The van der Waals surface area contributed by atoms with E-state index in [4.69, 9.17) is 0 Å². The molecular formula is C15H21N3O2. The minimum Gasteiger partial charge on any atom is -0.326 e. The summed E-state index contributed by atoms with van der Waals surface area (Å²) in [7, 11) is 0. The predicted molar refractivity (Wildman–Crippen MR) is 79.7 cm³/mol. The number of anilines is 2. The van der Waals surface area contributed by atoms with Crippen molar-refractivity contribution in [3.05, 3.63) is 23.8 Å². The fourth-order valence-corrected chi connectivity index (χ4v) is 2.35. The summed E-state index contributed by atoms with van der Waals surface area (Å²) in [6.45, 7) is 5.12. The molecular weight excluding hydrogens is 254 g/mol. The molecule has 1 aliphatic rings. The molecule has 0 spiro atoms. The first-order valence-corrected chi connectivity index (χ1v) is 6.96. The summed E-state index contributed by atoms with van der Waals surface area (Å²) in [5.74, 6) is -0.0598. The van der Waals surface area contributed by atoms with E-state index < -0.39 is 0 Å². The molecule has 20 heavy (non-hydrogen) atoms. The number of nitrogens with one attached hydrogen (secondary N) is 3. The Kier molecular flexibility index (Phi) is 4.74. The van der Waals surface area contributed by atoms with Crippen LogP contribution in [0.5, 0.6) is 0 Å². The third-order valence-corrected chi connectivity index (χ3v) is 3.48. The molecule has 1 aliphatic heterocycles. The van der Waals surface area contributed by atoms with Crippen molar-refractivity contribution >= 4 is 23.2 Å². The quantitative estimate of drug-likeness (QED) is 0.789. The average molecular weight is 275 g/mol. The van der Waals surface area contributed by atoms with Gasteiger partial charge < -0.3 is 16.0 Å². The van der Waals surface area contributed by atoms with Crippen molar-refractivity contribution in [1.82, 2.24) is 5.32 Å². The van der Waals surface area contributed by atoms with E-state index in [2.05, 4.69) is 16.0 Å². The topological polar surface area (TPSA) is 70.2 Å². The van der Waals surface area contributed by atoms with Gasteiger partial charge in [-0.1, -0.05) is 6.07 Å². The van der Waals surface area contributed by atoms with Gasteiger partial charge in [0.05, 0.1) is 5.92 Å². The van der Waals surface area contributed by atoms with E-state index in [1.54, 1.807) is 6.07 Å². The molecule has 2 amide bonds. The van der Waals surface area contributed by atoms with Gasteiger partial charge in [0.1, 0.15) is 0 Å². The molecule has 0 radical (unpaired) electrons. The number of hydrogen-bond donors (Lipinski definition) is 3. The fourth-order valence-electron chi connectivity index (χ4n) is 2.35. The highest BCUT2D eigenvalue weighted by atomic mass is 16.2. The molecule has 1 aromatic rings. The number of rotatable bonds is 3. The highest BCUT2D eigenvalue weighted by Gasteiger charge is 2.21. The van der Waals surface area contributed by atoms with Gasteiger partial charge in [0.15, 0.2) is 0 Å². The minimum absolute atomic E-state index is 0.0209. The van der Waals surface area contributed by atoms with Crippen LogP contribution in [0, 0.1) is 12.8 Å². The van der Waals surface area contributed by atoms with Gasteiger partial charge in [-0.05, 0) is 44.0 Å². The fraction of sp³-hybridized carbons (Fsp3) is 0.467. The second kappa shape index (κ2) is 6.52. The van der Waals surface area contributed by atoms with Crippen LogP contribution in [0.1, 0.15) is 25.3 Å². The average Bonchev–Trinajstić information content (AvgIpc) is 2.43. The Bertz CT molecular complexity index is 508. The maximum Gasteiger partial charge on any atom is 0.228 e. The van der Waals surface area contributed by atoms with Crippen molar-refractivity contribution in [2.75, 3.05) is 23.7 Å². The number of carbonyl (C=O) groups is 2. The lowest BCUT2D eigenvalue weighted by atomic mass is 9.98. The number of aryl methyl sites for hydroxylation is 1. The van der Waals surface area contributed by atoms with Gasteiger partial charge in [-0.3, -0.25) is 9.59 Å². The van der Waals surface area contributed by atoms with Crippen LogP contribution in [-0.4, -0.2) is 24.9 Å². The van der Waals surface area contributed by atoms with Crippen molar-refractivity contribution in [2.45, 2.75) is 26.7 Å². The summed E-state index contributed by atoms with van der Waals surface area (Å²) in [4.78, 5) is 23.3. The number of piperidine rings is 1. The molecule has 1 saturated heterocycles. The summed E-state index contributed by atoms with van der Waals surface area (Å²) in [5, 5.41) is 8.92. The molecule has 3 N–H and O–H groups in total. The van der Waals surface area contributed by atoms with Gasteiger partial charge in [0, 0.05) is 24.8 Å². The molecule has 0 bridgehead atoms. The highest BCUT2D eigenvalue weighted by Crippen LogP contribution is 2.22. The first-order valence-electron chi connectivity index (χ1n) is 6.96. The van der Waals surface area contributed by atoms with Crippen LogP contribution in [-0.2, 0) is 9.59 Å². The van der Waals surface area contributed by atoms with E-state index in [0.717, 1.165) is 37.2 Å². The Labute approximate surface area is 119 Å². The molecule has 1 aromatic carbocycles. The van der Waals surface area contributed by atoms with E-state index in [9.17, 15) is 9.59 Å². The molecule has 108 valence electrons. The Hall–Kier alpha value is -1.88. The monoisotopic (exact) mass is 275 g/mol. The zero-order valence-electron chi connectivity index (χ0n) is 12.0. The van der Waals surface area contributed by atoms with Crippen LogP contribution >= 0.6 is 0 Å². The minimum atomic E-state index is -0.123. The van der Waals surface area contributed by atoms with Crippen LogP contribution in [0.15, 0.2) is 18.2 Å². The van der Waals surface area contributed by atoms with Gasteiger partial charge in [-0.25, -0.2) is 0 Å². The summed E-state index contributed by atoms with van der Waals surface area (Å²) >= 11 is 0. The lowest BCUT2D eigenvalue weighted by Crippen LogP contribution is -2.37. The summed E-state index contributed by atoms with van der Waals surface area (Å²) in [6, 6.07) is 5.51. The number of carbonyl (C=O) groups excluding carboxylic acids is 2. The number of hydrogen-bond acceptors (Lipinski definition) is 3. The SMILES string of the molecule is CC(=O)Nc1ccc(C)c(NC(=O)[C@H]2CCCNC2)c1. The zero-order chi connectivity index (χ0) is 14.5. The Morgan fingerprint density at radius 2 is 2.10 bits per heavy atom. The third-order valence-electron chi connectivity index (χ3n) is 3.48. The van der Waals surface area contributed by atoms with Gasteiger partial charge in [-0.15, -0.1) is 0 Å². The van der Waals surface area contributed by atoms with Crippen molar-refractivity contribution in [2.24, 2.45) is 5.92 Å². The van der Waals surface area contributed by atoms with Crippen molar-refractivity contribution in [3.63, 3.8) is 0 Å². The van der Waals surface area contributed by atoms with Crippen molar-refractivity contribution in [1.29, 1.82) is 0 Å². The van der Waals surface area contributed by atoms with Gasteiger partial charge in [-0.2, -0.15) is 0 Å². The second-order valence-electron chi connectivity index (χ2n) is 5.24. The molecule has 0 aromatic heterocycles. The van der Waals surface area contributed by atoms with E-state index in [-0.39, 0.29) is 17.7 Å². The summed E-state index contributed by atoms with van der Waals surface area (Å²) in [6.07, 6.45) is 1.95. The second-order valence-corrected chi connectivity index (χ2v) is 5.24. The maximum atomic E-state index is 12.2. The van der Waals surface area contributed by atoms with Gasteiger partial charge in [0.25, 0.3) is 0 Å². The van der Waals surface area contributed by atoms with Crippen LogP contribution in [0.2, 0.25) is 0 Å². The first-order chi connectivity index (χ1) is 9.56. The van der Waals surface area contributed by atoms with E-state index in [1.165, 1.54) is 6.92 Å². The maximum absolute atomic E-state index is 12.2. The van der Waals surface area contributed by atoms with Crippen molar-refractivity contribution in [3.8, 4) is 0 Å². The summed E-state index contributed by atoms with van der Waals surface area (Å²) in [5.41, 5.74) is 2.43. The summed E-state index contributed by atoms with van der Waals surface area (Å²) < 4.78 is 0. The molecule has 0 aliphatic carbocycles. The largest absolute Gasteiger partial charge is 0.326 e. The smallest absolute Gasteiger partial charge is 0.228 e. The first kappa shape index (κ1) is 14.5. The van der Waals surface area contributed by atoms with Crippen LogP contribution in [0.25, 0.3) is 0 Å². The van der Waals surface area contributed by atoms with Gasteiger partial charge >= 0.3 is 0 Å². The van der Waals surface area contributed by atoms with Crippen LogP contribution in [0.3, 0.4) is 0 Å². The van der Waals surface area contributed by atoms with E-state index in [0.29, 0.717) is 5.69 Å². The molecule has 0 unspecified atom stereocenters. The van der Waals surface area contributed by atoms with E-state index >= 15 is 0 Å². The predicted octanol–water partition coefficient (Wildman–Crippen LogP) is 1.89. The molecule has 5 heteroatoms. The molecule has 1 atom stereocenters. The van der Waals surface area contributed by atoms with Crippen molar-refractivity contribution < 1.29 is 9.59 Å². The zero-order valence-corrected chi connectivity index (χ0v) is 12.0. The molecule has 0 saturated carbocycles. The molecule has 2 rings (SSSR count). The highest BCUT2D eigenvalue weighted by molar-refractivity contribution is 5.95. The lowest BCUT2D eigenvalue weighted by molar-refractivity contribution is -0.120.